The minimum Gasteiger partial charge on any atom is -0.396 e. The van der Waals surface area contributed by atoms with Gasteiger partial charge in [-0.3, -0.25) is 0 Å². The lowest BCUT2D eigenvalue weighted by Gasteiger charge is -2.38. The predicted octanol–water partition coefficient (Wildman–Crippen LogP) is 7.62. The van der Waals surface area contributed by atoms with E-state index >= 15 is 0 Å². The van der Waals surface area contributed by atoms with Gasteiger partial charge < -0.3 is 30.6 Å². The SMILES string of the molecule is C#Cc1ccc([C@H](O)CCO)cc1.CC(C)[Si](C#Cc1ccc([C@H](O)CCO)cc1)(C(C)C)C(C)C.OCC[C@@H](O)c1ccc(Br)cc1. The number of hydrogen-bond donors (Lipinski definition) is 6. The average molecular weight is 740 g/mol. The lowest BCUT2D eigenvalue weighted by atomic mass is 10.1. The number of hydrogen-bond acceptors (Lipinski definition) is 6. The molecule has 0 fully saturated rings. The summed E-state index contributed by atoms with van der Waals surface area (Å²) < 4.78 is 0.988. The molecule has 3 rings (SSSR count). The lowest BCUT2D eigenvalue weighted by molar-refractivity contribution is 0.134. The Labute approximate surface area is 298 Å². The van der Waals surface area contributed by atoms with Crippen molar-refractivity contribution in [3.8, 4) is 23.8 Å². The maximum Gasteiger partial charge on any atom is 0.146 e. The van der Waals surface area contributed by atoms with Gasteiger partial charge in [0.05, 0.1) is 18.3 Å². The fourth-order valence-corrected chi connectivity index (χ4v) is 11.2. The smallest absolute Gasteiger partial charge is 0.146 e. The van der Waals surface area contributed by atoms with Crippen LogP contribution in [0.2, 0.25) is 16.6 Å². The number of aliphatic hydroxyl groups is 6. The first-order chi connectivity index (χ1) is 22.8. The summed E-state index contributed by atoms with van der Waals surface area (Å²) in [5.41, 5.74) is 9.84. The molecule has 262 valence electrons. The van der Waals surface area contributed by atoms with Crippen LogP contribution in [0.15, 0.2) is 77.3 Å². The molecule has 0 radical (unpaired) electrons. The van der Waals surface area contributed by atoms with Gasteiger partial charge in [-0.25, -0.2) is 0 Å². The van der Waals surface area contributed by atoms with Gasteiger partial charge in [-0.1, -0.05) is 106 Å². The number of halogens is 1. The van der Waals surface area contributed by atoms with Gasteiger partial charge in [0.15, 0.2) is 0 Å². The third-order valence-electron chi connectivity index (χ3n) is 8.51. The molecule has 0 aromatic heterocycles. The van der Waals surface area contributed by atoms with Gasteiger partial charge >= 0.3 is 0 Å². The van der Waals surface area contributed by atoms with Crippen molar-refractivity contribution in [2.45, 2.75) is 95.7 Å². The van der Waals surface area contributed by atoms with Crippen molar-refractivity contribution < 1.29 is 30.6 Å². The third kappa shape index (κ3) is 14.0. The fraction of sp³-hybridized carbons (Fsp3) is 0.450. The van der Waals surface area contributed by atoms with Gasteiger partial charge in [0, 0.05) is 54.7 Å². The molecule has 3 atom stereocenters. The zero-order chi connectivity index (χ0) is 36.3. The quantitative estimate of drug-likeness (QED) is 0.0841. The summed E-state index contributed by atoms with van der Waals surface area (Å²) in [6, 6.07) is 22.3. The number of benzene rings is 3. The van der Waals surface area contributed by atoms with Crippen molar-refractivity contribution in [3.63, 3.8) is 0 Å². The Morgan fingerprint density at radius 1 is 0.562 bits per heavy atom. The molecule has 0 aliphatic rings. The zero-order valence-electron chi connectivity index (χ0n) is 29.3. The molecule has 0 unspecified atom stereocenters. The number of rotatable bonds is 12. The first-order valence-electron chi connectivity index (χ1n) is 16.6. The summed E-state index contributed by atoms with van der Waals surface area (Å²) >= 11 is 3.30. The maximum absolute atomic E-state index is 9.90. The van der Waals surface area contributed by atoms with Crippen LogP contribution < -0.4 is 0 Å². The van der Waals surface area contributed by atoms with Crippen molar-refractivity contribution in [2.24, 2.45) is 0 Å². The molecule has 6 N–H and O–H groups in total. The van der Waals surface area contributed by atoms with E-state index in [1.165, 1.54) is 0 Å². The van der Waals surface area contributed by atoms with Crippen LogP contribution in [0.1, 0.15) is 107 Å². The molecule has 3 aromatic rings. The molecular formula is C40H55BrO6Si. The van der Waals surface area contributed by atoms with Gasteiger partial charge in [0.1, 0.15) is 8.07 Å². The van der Waals surface area contributed by atoms with Crippen LogP contribution in [0, 0.1) is 23.8 Å². The van der Waals surface area contributed by atoms with Gasteiger partial charge in [-0.15, -0.1) is 12.0 Å². The number of terminal acetylenes is 1. The van der Waals surface area contributed by atoms with Crippen LogP contribution in [0.5, 0.6) is 0 Å². The Bertz CT molecular complexity index is 1380. The van der Waals surface area contributed by atoms with E-state index in [0.29, 0.717) is 35.9 Å². The fourth-order valence-electron chi connectivity index (χ4n) is 5.76. The van der Waals surface area contributed by atoms with E-state index in [1.807, 2.05) is 48.5 Å². The predicted molar refractivity (Wildman–Crippen MR) is 203 cm³/mol. The van der Waals surface area contributed by atoms with E-state index in [4.69, 9.17) is 21.7 Å². The van der Waals surface area contributed by atoms with E-state index < -0.39 is 26.4 Å². The Hall–Kier alpha value is -2.76. The molecular weight excluding hydrogens is 684 g/mol. The zero-order valence-corrected chi connectivity index (χ0v) is 31.9. The molecule has 0 amide bonds. The summed E-state index contributed by atoms with van der Waals surface area (Å²) in [6.07, 6.45) is 4.55. The first-order valence-corrected chi connectivity index (χ1v) is 19.6. The van der Waals surface area contributed by atoms with Gasteiger partial charge in [-0.2, -0.15) is 0 Å². The highest BCUT2D eigenvalue weighted by Gasteiger charge is 2.41. The monoisotopic (exact) mass is 738 g/mol. The normalized spacial score (nSPS) is 12.9. The molecule has 0 saturated carbocycles. The molecule has 0 saturated heterocycles. The minimum absolute atomic E-state index is 0.00594. The molecule has 0 heterocycles. The molecule has 6 nitrogen and oxygen atoms in total. The highest BCUT2D eigenvalue weighted by Crippen LogP contribution is 2.40. The van der Waals surface area contributed by atoms with Crippen LogP contribution in [0.3, 0.4) is 0 Å². The minimum atomic E-state index is -1.70. The highest BCUT2D eigenvalue weighted by atomic mass is 79.9. The second-order valence-corrected chi connectivity index (χ2v) is 19.2. The van der Waals surface area contributed by atoms with E-state index in [2.05, 4.69) is 74.9 Å². The summed E-state index contributed by atoms with van der Waals surface area (Å²) in [6.45, 7) is 13.9. The molecule has 48 heavy (non-hydrogen) atoms. The van der Waals surface area contributed by atoms with Crippen molar-refractivity contribution in [1.82, 2.24) is 0 Å². The second kappa shape index (κ2) is 22.8. The Balaban J connectivity index is 0.000000390. The molecule has 0 aliphatic heterocycles. The van der Waals surface area contributed by atoms with E-state index in [0.717, 1.165) is 32.3 Å². The molecule has 3 aromatic carbocycles. The molecule has 8 heteroatoms. The van der Waals surface area contributed by atoms with Crippen LogP contribution in [-0.2, 0) is 0 Å². The Kier molecular flexibility index (Phi) is 20.5. The van der Waals surface area contributed by atoms with E-state index in [1.54, 1.807) is 24.3 Å². The summed E-state index contributed by atoms with van der Waals surface area (Å²) in [5, 5.41) is 54.9. The second-order valence-electron chi connectivity index (χ2n) is 12.7. The molecule has 0 spiro atoms. The summed E-state index contributed by atoms with van der Waals surface area (Å²) in [4.78, 5) is 0. The van der Waals surface area contributed by atoms with Gasteiger partial charge in [0.25, 0.3) is 0 Å². The Morgan fingerprint density at radius 2 is 0.875 bits per heavy atom. The van der Waals surface area contributed by atoms with E-state index in [-0.39, 0.29) is 19.8 Å². The third-order valence-corrected chi connectivity index (χ3v) is 15.3. The lowest BCUT2D eigenvalue weighted by Crippen LogP contribution is -2.43. The maximum atomic E-state index is 9.90. The van der Waals surface area contributed by atoms with Crippen LogP contribution in [0.25, 0.3) is 0 Å². The molecule has 0 aliphatic carbocycles. The molecule has 0 bridgehead atoms. The van der Waals surface area contributed by atoms with E-state index in [9.17, 15) is 15.3 Å². The Morgan fingerprint density at radius 3 is 1.17 bits per heavy atom. The first kappa shape index (κ1) is 43.3. The van der Waals surface area contributed by atoms with Crippen molar-refractivity contribution in [3.05, 3.63) is 105 Å². The van der Waals surface area contributed by atoms with Gasteiger partial charge in [-0.05, 0) is 69.7 Å². The summed E-state index contributed by atoms with van der Waals surface area (Å²) in [7, 11) is -1.70. The average Bonchev–Trinajstić information content (AvgIpc) is 3.06. The van der Waals surface area contributed by atoms with Crippen molar-refractivity contribution in [1.29, 1.82) is 0 Å². The van der Waals surface area contributed by atoms with Crippen LogP contribution >= 0.6 is 15.9 Å². The van der Waals surface area contributed by atoms with Gasteiger partial charge in [0.2, 0.25) is 0 Å². The van der Waals surface area contributed by atoms with Crippen LogP contribution in [0.4, 0.5) is 0 Å². The highest BCUT2D eigenvalue weighted by molar-refractivity contribution is 9.10. The topological polar surface area (TPSA) is 121 Å². The largest absolute Gasteiger partial charge is 0.396 e. The van der Waals surface area contributed by atoms with Crippen molar-refractivity contribution >= 4 is 24.0 Å². The summed E-state index contributed by atoms with van der Waals surface area (Å²) in [5.74, 6) is 5.90. The van der Waals surface area contributed by atoms with Crippen LogP contribution in [-0.4, -0.2) is 58.5 Å². The number of aliphatic hydroxyl groups excluding tert-OH is 6. The van der Waals surface area contributed by atoms with Crippen molar-refractivity contribution in [2.75, 3.05) is 19.8 Å². The standard InChI is InChI=1S/C20H32O2Si.C11H12O2.C9H11BrO2/c1-15(2)23(16(3)4,17(5)6)14-12-18-7-9-19(10-8-18)20(22)11-13-21;1-2-9-3-5-10(6-4-9)11(13)7-8-12;10-8-3-1-7(2-4-8)9(12)5-6-11/h7-10,15-17,20-22H,11,13H2,1-6H3;1,3-6,11-13H,7-8H2;1-4,9,11-12H,5-6H2/t20-;11-;9-/m111/s1.